The van der Waals surface area contributed by atoms with Gasteiger partial charge in [-0.25, -0.2) is 9.97 Å². The zero-order valence-electron chi connectivity index (χ0n) is 16.8. The molecule has 29 heavy (non-hydrogen) atoms. The highest BCUT2D eigenvalue weighted by Crippen LogP contribution is 2.24. The molecule has 148 valence electrons. The quantitative estimate of drug-likeness (QED) is 0.563. The van der Waals surface area contributed by atoms with Crippen LogP contribution in [0.15, 0.2) is 45.6 Å². The molecule has 4 aromatic rings. The van der Waals surface area contributed by atoms with Gasteiger partial charge in [0.1, 0.15) is 11.2 Å². The van der Waals surface area contributed by atoms with Crippen LogP contribution >= 0.6 is 0 Å². The Bertz CT molecular complexity index is 1300. The van der Waals surface area contributed by atoms with Crippen LogP contribution in [0.25, 0.3) is 22.1 Å². The lowest BCUT2D eigenvalue weighted by molar-refractivity contribution is 0.102. The summed E-state index contributed by atoms with van der Waals surface area (Å²) < 4.78 is 7.36. The zero-order chi connectivity index (χ0) is 20.7. The molecule has 2 aromatic heterocycles. The Morgan fingerprint density at radius 3 is 2.66 bits per heavy atom. The van der Waals surface area contributed by atoms with E-state index in [1.54, 1.807) is 47.9 Å². The van der Waals surface area contributed by atoms with Crippen LogP contribution in [0.1, 0.15) is 48.6 Å². The number of amides is 1. The number of benzene rings is 2. The summed E-state index contributed by atoms with van der Waals surface area (Å²) in [6.45, 7) is 8.16. The molecule has 0 spiro atoms. The highest BCUT2D eigenvalue weighted by molar-refractivity contribution is 6.06. The number of nitrogens with zero attached hydrogens (tertiary/aromatic N) is 3. The summed E-state index contributed by atoms with van der Waals surface area (Å²) in [6, 6.07) is 10.5. The lowest BCUT2D eigenvalue weighted by atomic mass is 10.1. The minimum Gasteiger partial charge on any atom is -0.440 e. The summed E-state index contributed by atoms with van der Waals surface area (Å²) in [5.41, 5.74) is 4.12. The monoisotopic (exact) mass is 390 g/mol. The fourth-order valence-electron chi connectivity index (χ4n) is 3.30. The summed E-state index contributed by atoms with van der Waals surface area (Å²) in [7, 11) is 0. The first-order chi connectivity index (χ1) is 13.9. The molecule has 0 aliphatic rings. The molecule has 0 aliphatic heterocycles. The Labute approximate surface area is 167 Å². The molecule has 0 atom stereocenters. The number of aryl methyl sites for hydroxylation is 2. The maximum atomic E-state index is 12.8. The van der Waals surface area contributed by atoms with Gasteiger partial charge in [-0.3, -0.25) is 9.59 Å². The first kappa shape index (κ1) is 18.9. The van der Waals surface area contributed by atoms with Crippen LogP contribution in [-0.2, 0) is 6.54 Å². The van der Waals surface area contributed by atoms with E-state index in [1.165, 1.54) is 0 Å². The summed E-state index contributed by atoms with van der Waals surface area (Å²) in [4.78, 5) is 33.8. The van der Waals surface area contributed by atoms with E-state index in [0.717, 1.165) is 0 Å². The summed E-state index contributed by atoms with van der Waals surface area (Å²) in [6.07, 6.45) is 0. The molecule has 0 aliphatic carbocycles. The van der Waals surface area contributed by atoms with Gasteiger partial charge in [0.2, 0.25) is 0 Å². The normalized spacial score (nSPS) is 11.5. The van der Waals surface area contributed by atoms with Gasteiger partial charge in [-0.2, -0.15) is 0 Å². The van der Waals surface area contributed by atoms with E-state index in [9.17, 15) is 9.59 Å². The van der Waals surface area contributed by atoms with Gasteiger partial charge in [0.15, 0.2) is 11.5 Å². The summed E-state index contributed by atoms with van der Waals surface area (Å²) >= 11 is 0. The number of rotatable bonds is 4. The molecule has 1 N–H and O–H groups in total. The number of hydrogen-bond donors (Lipinski definition) is 1. The van der Waals surface area contributed by atoms with Gasteiger partial charge in [-0.15, -0.1) is 0 Å². The smallest absolute Gasteiger partial charge is 0.272 e. The van der Waals surface area contributed by atoms with Crippen LogP contribution in [0.3, 0.4) is 0 Å². The average Bonchev–Trinajstić information content (AvgIpc) is 3.12. The molecule has 0 radical (unpaired) electrons. The average molecular weight is 390 g/mol. The molecule has 0 saturated heterocycles. The van der Waals surface area contributed by atoms with Gasteiger partial charge in [0.25, 0.3) is 11.5 Å². The van der Waals surface area contributed by atoms with Gasteiger partial charge in [0, 0.05) is 23.7 Å². The standard InChI is InChI=1S/C22H22N4O3/c1-5-26-18-8-6-14(10-16(18)23-13(4)22(26)28)20(27)24-15-7-9-19-17(11-15)25-21(29-19)12(2)3/h6-12H,5H2,1-4H3,(H,24,27). The minimum atomic E-state index is -0.257. The Morgan fingerprint density at radius 2 is 1.93 bits per heavy atom. The lowest BCUT2D eigenvalue weighted by Crippen LogP contribution is -2.23. The third-order valence-corrected chi connectivity index (χ3v) is 4.84. The van der Waals surface area contributed by atoms with Crippen molar-refractivity contribution in [2.24, 2.45) is 0 Å². The minimum absolute atomic E-state index is 0.112. The number of anilines is 1. The molecule has 7 nitrogen and oxygen atoms in total. The number of aromatic nitrogens is 3. The maximum Gasteiger partial charge on any atom is 0.272 e. The molecule has 2 aromatic carbocycles. The highest BCUT2D eigenvalue weighted by Gasteiger charge is 2.13. The number of nitrogens with one attached hydrogen (secondary N) is 1. The Morgan fingerprint density at radius 1 is 1.14 bits per heavy atom. The third-order valence-electron chi connectivity index (χ3n) is 4.84. The highest BCUT2D eigenvalue weighted by atomic mass is 16.3. The van der Waals surface area contributed by atoms with Crippen molar-refractivity contribution in [1.82, 2.24) is 14.5 Å². The van der Waals surface area contributed by atoms with Crippen LogP contribution in [0.5, 0.6) is 0 Å². The summed E-state index contributed by atoms with van der Waals surface area (Å²) in [5, 5.41) is 2.89. The van der Waals surface area contributed by atoms with Crippen molar-refractivity contribution < 1.29 is 9.21 Å². The van der Waals surface area contributed by atoms with E-state index in [4.69, 9.17) is 4.42 Å². The van der Waals surface area contributed by atoms with Crippen LogP contribution < -0.4 is 10.9 Å². The number of oxazole rings is 1. The van der Waals surface area contributed by atoms with Crippen molar-refractivity contribution in [2.75, 3.05) is 5.32 Å². The van der Waals surface area contributed by atoms with Crippen molar-refractivity contribution >= 4 is 33.7 Å². The molecule has 0 bridgehead atoms. The van der Waals surface area contributed by atoms with E-state index < -0.39 is 0 Å². The maximum absolute atomic E-state index is 12.8. The van der Waals surface area contributed by atoms with E-state index in [0.29, 0.717) is 51.5 Å². The molecule has 0 fully saturated rings. The van der Waals surface area contributed by atoms with Crippen molar-refractivity contribution in [3.8, 4) is 0 Å². The first-order valence-electron chi connectivity index (χ1n) is 9.60. The van der Waals surface area contributed by atoms with Crippen molar-refractivity contribution in [2.45, 2.75) is 40.2 Å². The Balaban J connectivity index is 1.66. The van der Waals surface area contributed by atoms with Gasteiger partial charge in [-0.05, 0) is 50.2 Å². The second kappa shape index (κ2) is 7.16. The van der Waals surface area contributed by atoms with Gasteiger partial charge in [0.05, 0.1) is 11.0 Å². The van der Waals surface area contributed by atoms with Crippen LogP contribution in [0.2, 0.25) is 0 Å². The second-order valence-electron chi connectivity index (χ2n) is 7.29. The Kier molecular flexibility index (Phi) is 4.66. The topological polar surface area (TPSA) is 90.0 Å². The number of carbonyl (C=O) groups excluding carboxylic acids is 1. The SMILES string of the molecule is CCn1c(=O)c(C)nc2cc(C(=O)Nc3ccc4oc(C(C)C)nc4c3)ccc21. The fourth-order valence-corrected chi connectivity index (χ4v) is 3.30. The molecule has 2 heterocycles. The summed E-state index contributed by atoms with van der Waals surface area (Å²) in [5.74, 6) is 0.600. The van der Waals surface area contributed by atoms with Crippen LogP contribution in [0.4, 0.5) is 5.69 Å². The Hall–Kier alpha value is -3.48. The number of fused-ring (bicyclic) bond motifs is 2. The molecule has 0 saturated carbocycles. The van der Waals surface area contributed by atoms with Crippen molar-refractivity contribution in [3.63, 3.8) is 0 Å². The molecule has 0 unspecified atom stereocenters. The van der Waals surface area contributed by atoms with E-state index >= 15 is 0 Å². The first-order valence-corrected chi connectivity index (χ1v) is 9.60. The largest absolute Gasteiger partial charge is 0.440 e. The fraction of sp³-hybridized carbons (Fsp3) is 0.273. The molecule has 7 heteroatoms. The number of hydrogen-bond acceptors (Lipinski definition) is 5. The lowest BCUT2D eigenvalue weighted by Gasteiger charge is -2.10. The van der Waals surface area contributed by atoms with Crippen LogP contribution in [0, 0.1) is 6.92 Å². The van der Waals surface area contributed by atoms with E-state index in [2.05, 4.69) is 15.3 Å². The third kappa shape index (κ3) is 3.40. The molecular weight excluding hydrogens is 368 g/mol. The zero-order valence-corrected chi connectivity index (χ0v) is 16.8. The molecule has 1 amide bonds. The molecule has 4 rings (SSSR count). The predicted molar refractivity (Wildman–Crippen MR) is 112 cm³/mol. The second-order valence-corrected chi connectivity index (χ2v) is 7.29. The van der Waals surface area contributed by atoms with Gasteiger partial charge < -0.3 is 14.3 Å². The van der Waals surface area contributed by atoms with Crippen molar-refractivity contribution in [1.29, 1.82) is 0 Å². The van der Waals surface area contributed by atoms with Crippen LogP contribution in [-0.4, -0.2) is 20.4 Å². The van der Waals surface area contributed by atoms with E-state index in [-0.39, 0.29) is 17.4 Å². The van der Waals surface area contributed by atoms with Gasteiger partial charge in [-0.1, -0.05) is 13.8 Å². The van der Waals surface area contributed by atoms with E-state index in [1.807, 2.05) is 20.8 Å². The number of carbonyl (C=O) groups is 1. The predicted octanol–water partition coefficient (Wildman–Crippen LogP) is 4.24. The van der Waals surface area contributed by atoms with Crippen molar-refractivity contribution in [3.05, 3.63) is 63.9 Å². The van der Waals surface area contributed by atoms with Gasteiger partial charge >= 0.3 is 0 Å². The molecular formula is C22H22N4O3.